The highest BCUT2D eigenvalue weighted by Crippen LogP contribution is 2.39. The minimum absolute atomic E-state index is 0.240. The molecule has 5 nitrogen and oxygen atoms in total. The fourth-order valence-corrected chi connectivity index (χ4v) is 4.85. The second kappa shape index (κ2) is 9.29. The van der Waals surface area contributed by atoms with E-state index in [0.717, 1.165) is 53.0 Å². The van der Waals surface area contributed by atoms with Crippen LogP contribution >= 0.6 is 0 Å². The Labute approximate surface area is 198 Å². The van der Waals surface area contributed by atoms with Gasteiger partial charge in [0.15, 0.2) is 11.5 Å². The Kier molecular flexibility index (Phi) is 6.05. The van der Waals surface area contributed by atoms with Crippen molar-refractivity contribution in [1.82, 2.24) is 9.55 Å². The molecule has 6 heteroatoms. The minimum Gasteiger partial charge on any atom is -0.449 e. The number of anilines is 1. The van der Waals surface area contributed by atoms with Gasteiger partial charge in [-0.3, -0.25) is 4.79 Å². The molecule has 0 saturated heterocycles. The van der Waals surface area contributed by atoms with Crippen molar-refractivity contribution >= 4 is 11.6 Å². The lowest BCUT2D eigenvalue weighted by Crippen LogP contribution is -2.13. The van der Waals surface area contributed by atoms with Gasteiger partial charge in [0.1, 0.15) is 11.5 Å². The van der Waals surface area contributed by atoms with Gasteiger partial charge in [-0.25, -0.2) is 9.37 Å². The molecule has 2 aromatic carbocycles. The van der Waals surface area contributed by atoms with E-state index in [1.165, 1.54) is 25.0 Å². The number of para-hydroxylation sites is 1. The molecule has 2 aromatic heterocycles. The molecule has 0 bridgehead atoms. The number of furan rings is 1. The standard InChI is InChI=1S/C28H28FN3O2/c1-3-19-8-6-7-18(2)25(19)31-28(33)24-16-15-23(34-24)27-26(20-11-13-21(29)14-12-20)30-17-32(27)22-9-4-5-10-22/h6-8,11-17,22H,3-5,9-10H2,1-2H3,(H,31,33). The van der Waals surface area contributed by atoms with Crippen LogP contribution in [-0.4, -0.2) is 15.5 Å². The third-order valence-electron chi connectivity index (χ3n) is 6.67. The zero-order valence-electron chi connectivity index (χ0n) is 19.5. The number of benzene rings is 2. The number of carbonyl (C=O) groups is 1. The molecule has 0 atom stereocenters. The first-order chi connectivity index (χ1) is 16.5. The van der Waals surface area contributed by atoms with E-state index in [0.29, 0.717) is 11.8 Å². The van der Waals surface area contributed by atoms with Crippen LogP contribution in [0.4, 0.5) is 10.1 Å². The number of hydrogen-bond donors (Lipinski definition) is 1. The highest BCUT2D eigenvalue weighted by atomic mass is 19.1. The van der Waals surface area contributed by atoms with E-state index in [4.69, 9.17) is 4.42 Å². The molecule has 1 amide bonds. The van der Waals surface area contributed by atoms with Gasteiger partial charge in [0.25, 0.3) is 5.91 Å². The van der Waals surface area contributed by atoms with Crippen molar-refractivity contribution in [2.24, 2.45) is 0 Å². The first-order valence-electron chi connectivity index (χ1n) is 11.9. The molecule has 1 aliphatic carbocycles. The number of aryl methyl sites for hydroxylation is 2. The van der Waals surface area contributed by atoms with Gasteiger partial charge in [0.2, 0.25) is 0 Å². The van der Waals surface area contributed by atoms with Crippen LogP contribution in [0.3, 0.4) is 0 Å². The molecular formula is C28H28FN3O2. The summed E-state index contributed by atoms with van der Waals surface area (Å²) in [5.74, 6) is 0.240. The van der Waals surface area contributed by atoms with Gasteiger partial charge in [0.05, 0.1) is 12.0 Å². The molecule has 5 rings (SSSR count). The van der Waals surface area contributed by atoms with Gasteiger partial charge in [-0.1, -0.05) is 38.0 Å². The van der Waals surface area contributed by atoms with Crippen LogP contribution < -0.4 is 5.32 Å². The lowest BCUT2D eigenvalue weighted by atomic mass is 10.1. The Bertz CT molecular complexity index is 1310. The highest BCUT2D eigenvalue weighted by Gasteiger charge is 2.26. The number of aromatic nitrogens is 2. The van der Waals surface area contributed by atoms with E-state index in [-0.39, 0.29) is 17.5 Å². The van der Waals surface area contributed by atoms with Crippen LogP contribution in [0.2, 0.25) is 0 Å². The van der Waals surface area contributed by atoms with Crippen molar-refractivity contribution in [2.75, 3.05) is 5.32 Å². The Morgan fingerprint density at radius 1 is 1.12 bits per heavy atom. The van der Waals surface area contributed by atoms with E-state index in [9.17, 15) is 9.18 Å². The highest BCUT2D eigenvalue weighted by molar-refractivity contribution is 6.03. The molecule has 0 unspecified atom stereocenters. The second-order valence-corrected chi connectivity index (χ2v) is 8.87. The maximum absolute atomic E-state index is 13.5. The number of hydrogen-bond acceptors (Lipinski definition) is 3. The molecule has 1 fully saturated rings. The fraction of sp³-hybridized carbons (Fsp3) is 0.286. The first-order valence-corrected chi connectivity index (χ1v) is 11.9. The van der Waals surface area contributed by atoms with Crippen LogP contribution in [0, 0.1) is 12.7 Å². The average molecular weight is 458 g/mol. The Morgan fingerprint density at radius 3 is 2.62 bits per heavy atom. The topological polar surface area (TPSA) is 60.1 Å². The predicted molar refractivity (Wildman–Crippen MR) is 131 cm³/mol. The molecule has 1 aliphatic rings. The summed E-state index contributed by atoms with van der Waals surface area (Å²) in [6.45, 7) is 4.05. The molecule has 4 aromatic rings. The van der Waals surface area contributed by atoms with Crippen molar-refractivity contribution in [3.05, 3.63) is 83.6 Å². The quantitative estimate of drug-likeness (QED) is 0.333. The van der Waals surface area contributed by atoms with Crippen LogP contribution in [0.5, 0.6) is 0 Å². The summed E-state index contributed by atoms with van der Waals surface area (Å²) in [6.07, 6.45) is 7.17. The van der Waals surface area contributed by atoms with E-state index in [1.807, 2.05) is 37.5 Å². The molecule has 1 saturated carbocycles. The molecule has 174 valence electrons. The number of nitrogens with zero attached hydrogens (tertiary/aromatic N) is 2. The largest absolute Gasteiger partial charge is 0.449 e. The summed E-state index contributed by atoms with van der Waals surface area (Å²) in [7, 11) is 0. The van der Waals surface area contributed by atoms with Gasteiger partial charge < -0.3 is 14.3 Å². The summed E-state index contributed by atoms with van der Waals surface area (Å²) in [6, 6.07) is 16.2. The summed E-state index contributed by atoms with van der Waals surface area (Å²) < 4.78 is 21.8. The van der Waals surface area contributed by atoms with Crippen LogP contribution in [-0.2, 0) is 6.42 Å². The SMILES string of the molecule is CCc1cccc(C)c1NC(=O)c1ccc(-c2c(-c3ccc(F)cc3)ncn2C2CCCC2)o1. The van der Waals surface area contributed by atoms with Gasteiger partial charge in [-0.05, 0) is 73.7 Å². The normalized spacial score (nSPS) is 14.0. The van der Waals surface area contributed by atoms with E-state index < -0.39 is 0 Å². The third-order valence-corrected chi connectivity index (χ3v) is 6.67. The zero-order valence-corrected chi connectivity index (χ0v) is 19.5. The maximum atomic E-state index is 13.5. The van der Waals surface area contributed by atoms with Crippen LogP contribution in [0.1, 0.15) is 60.3 Å². The van der Waals surface area contributed by atoms with Crippen molar-refractivity contribution in [1.29, 1.82) is 0 Å². The molecule has 1 N–H and O–H groups in total. The molecular weight excluding hydrogens is 429 g/mol. The van der Waals surface area contributed by atoms with Gasteiger partial charge in [-0.2, -0.15) is 0 Å². The predicted octanol–water partition coefficient (Wildman–Crippen LogP) is 7.19. The molecule has 2 heterocycles. The summed E-state index contributed by atoms with van der Waals surface area (Å²) in [5.41, 5.74) is 5.28. The summed E-state index contributed by atoms with van der Waals surface area (Å²) in [5, 5.41) is 3.03. The van der Waals surface area contributed by atoms with Crippen molar-refractivity contribution < 1.29 is 13.6 Å². The van der Waals surface area contributed by atoms with Gasteiger partial charge in [0, 0.05) is 17.3 Å². The number of imidazole rings is 1. The van der Waals surface area contributed by atoms with E-state index in [2.05, 4.69) is 21.8 Å². The number of amides is 1. The minimum atomic E-state index is -0.292. The number of nitrogens with one attached hydrogen (secondary N) is 1. The third kappa shape index (κ3) is 4.16. The Balaban J connectivity index is 1.51. The van der Waals surface area contributed by atoms with Crippen LogP contribution in [0.25, 0.3) is 22.7 Å². The first kappa shape index (κ1) is 22.1. The molecule has 0 aliphatic heterocycles. The van der Waals surface area contributed by atoms with Crippen LogP contribution in [0.15, 0.2) is 65.3 Å². The lowest BCUT2D eigenvalue weighted by molar-refractivity contribution is 0.0997. The number of halogens is 1. The molecule has 0 spiro atoms. The van der Waals surface area contributed by atoms with E-state index >= 15 is 0 Å². The smallest absolute Gasteiger partial charge is 0.291 e. The molecule has 34 heavy (non-hydrogen) atoms. The zero-order chi connectivity index (χ0) is 23.7. The summed E-state index contributed by atoms with van der Waals surface area (Å²) in [4.78, 5) is 17.8. The molecule has 0 radical (unpaired) electrons. The number of carbonyl (C=O) groups excluding carboxylic acids is 1. The lowest BCUT2D eigenvalue weighted by Gasteiger charge is -2.15. The maximum Gasteiger partial charge on any atom is 0.291 e. The Morgan fingerprint density at radius 2 is 1.88 bits per heavy atom. The average Bonchev–Trinajstić information content (AvgIpc) is 3.60. The van der Waals surface area contributed by atoms with Gasteiger partial charge >= 0.3 is 0 Å². The monoisotopic (exact) mass is 457 g/mol. The van der Waals surface area contributed by atoms with Crippen molar-refractivity contribution in [3.8, 4) is 22.7 Å². The van der Waals surface area contributed by atoms with E-state index in [1.54, 1.807) is 18.2 Å². The fourth-order valence-electron chi connectivity index (χ4n) is 4.85. The summed E-state index contributed by atoms with van der Waals surface area (Å²) >= 11 is 0. The van der Waals surface area contributed by atoms with Crippen molar-refractivity contribution in [2.45, 2.75) is 52.0 Å². The number of rotatable bonds is 6. The second-order valence-electron chi connectivity index (χ2n) is 8.87. The van der Waals surface area contributed by atoms with Gasteiger partial charge in [-0.15, -0.1) is 0 Å². The van der Waals surface area contributed by atoms with Crippen molar-refractivity contribution in [3.63, 3.8) is 0 Å². The Hall–Kier alpha value is -3.67.